The van der Waals surface area contributed by atoms with Gasteiger partial charge in [0.1, 0.15) is 5.69 Å². The van der Waals surface area contributed by atoms with E-state index in [2.05, 4.69) is 27.1 Å². The summed E-state index contributed by atoms with van der Waals surface area (Å²) in [6.45, 7) is 2.67. The summed E-state index contributed by atoms with van der Waals surface area (Å²) in [4.78, 5) is 14.3. The molecule has 2 heterocycles. The highest BCUT2D eigenvalue weighted by atomic mass is 16.5. The van der Waals surface area contributed by atoms with Crippen LogP contribution in [0, 0.1) is 0 Å². The molecule has 0 saturated carbocycles. The summed E-state index contributed by atoms with van der Waals surface area (Å²) < 4.78 is 6.44. The molecule has 0 amide bonds. The van der Waals surface area contributed by atoms with Gasteiger partial charge in [-0.15, -0.1) is 0 Å². The Labute approximate surface area is 111 Å². The molecule has 2 N–H and O–H groups in total. The number of carbonyl (C=O) groups is 1. The van der Waals surface area contributed by atoms with Gasteiger partial charge >= 0.3 is 5.97 Å². The van der Waals surface area contributed by atoms with Gasteiger partial charge in [-0.1, -0.05) is 6.92 Å². The van der Waals surface area contributed by atoms with Gasteiger partial charge in [0.2, 0.25) is 0 Å². The number of nitrogens with one attached hydrogen (secondary N) is 2. The minimum absolute atomic E-state index is 0.359. The van der Waals surface area contributed by atoms with E-state index in [1.165, 1.54) is 7.11 Å². The Morgan fingerprint density at radius 1 is 1.53 bits per heavy atom. The quantitative estimate of drug-likeness (QED) is 0.805. The largest absolute Gasteiger partial charge is 0.464 e. The molecule has 6 nitrogen and oxygen atoms in total. The Kier molecular flexibility index (Phi) is 3.89. The summed E-state index contributed by atoms with van der Waals surface area (Å²) in [5.41, 5.74) is 3.42. The number of methoxy groups -OCH3 is 1. The molecule has 0 atom stereocenters. The van der Waals surface area contributed by atoms with Crippen molar-refractivity contribution in [1.29, 1.82) is 0 Å². The molecule has 0 unspecified atom stereocenters. The summed E-state index contributed by atoms with van der Waals surface area (Å²) in [5, 5.41) is 7.66. The van der Waals surface area contributed by atoms with E-state index in [0.717, 1.165) is 23.5 Å². The van der Waals surface area contributed by atoms with Crippen LogP contribution < -0.4 is 5.32 Å². The maximum atomic E-state index is 11.3. The van der Waals surface area contributed by atoms with Gasteiger partial charge in [-0.05, 0) is 18.6 Å². The zero-order valence-electron chi connectivity index (χ0n) is 11.4. The summed E-state index contributed by atoms with van der Waals surface area (Å²) >= 11 is 0. The van der Waals surface area contributed by atoms with Crippen molar-refractivity contribution in [2.75, 3.05) is 12.4 Å². The van der Waals surface area contributed by atoms with Crippen LogP contribution in [0.5, 0.6) is 0 Å². The standard InChI is InChI=1S/C13H18N4O2/c1-4-10-12(8-17(2)16-10)14-7-9-5-6-11(15-9)13(18)19-3/h5-6,8,14-15H,4,7H2,1-3H3. The van der Waals surface area contributed by atoms with Crippen molar-refractivity contribution < 1.29 is 9.53 Å². The minimum Gasteiger partial charge on any atom is -0.464 e. The number of nitrogens with zero attached hydrogens (tertiary/aromatic N) is 2. The van der Waals surface area contributed by atoms with Gasteiger partial charge in [0.25, 0.3) is 0 Å². The van der Waals surface area contributed by atoms with E-state index in [-0.39, 0.29) is 5.97 Å². The second kappa shape index (κ2) is 5.60. The lowest BCUT2D eigenvalue weighted by Gasteiger charge is -2.03. The van der Waals surface area contributed by atoms with Crippen LogP contribution in [0.25, 0.3) is 0 Å². The number of aromatic amines is 1. The van der Waals surface area contributed by atoms with Gasteiger partial charge in [0, 0.05) is 18.9 Å². The van der Waals surface area contributed by atoms with Gasteiger partial charge in [-0.3, -0.25) is 4.68 Å². The van der Waals surface area contributed by atoms with Crippen LogP contribution in [-0.4, -0.2) is 27.8 Å². The first kappa shape index (κ1) is 13.2. The molecule has 0 bridgehead atoms. The smallest absolute Gasteiger partial charge is 0.354 e. The van der Waals surface area contributed by atoms with Crippen molar-refractivity contribution in [2.24, 2.45) is 7.05 Å². The minimum atomic E-state index is -0.359. The third-order valence-corrected chi connectivity index (χ3v) is 2.86. The zero-order chi connectivity index (χ0) is 13.8. The Balaban J connectivity index is 2.02. The average molecular weight is 262 g/mol. The highest BCUT2D eigenvalue weighted by Crippen LogP contribution is 2.15. The molecule has 0 radical (unpaired) electrons. The maximum Gasteiger partial charge on any atom is 0.354 e. The topological polar surface area (TPSA) is 71.9 Å². The van der Waals surface area contributed by atoms with Crippen molar-refractivity contribution >= 4 is 11.7 Å². The first-order valence-corrected chi connectivity index (χ1v) is 6.16. The third kappa shape index (κ3) is 2.96. The predicted octanol–water partition coefficient (Wildman–Crippen LogP) is 1.71. The lowest BCUT2D eigenvalue weighted by molar-refractivity contribution is 0.0594. The van der Waals surface area contributed by atoms with Gasteiger partial charge in [0.05, 0.1) is 25.0 Å². The van der Waals surface area contributed by atoms with Gasteiger partial charge in [-0.25, -0.2) is 4.79 Å². The van der Waals surface area contributed by atoms with Crippen LogP contribution in [0.4, 0.5) is 5.69 Å². The second-order valence-corrected chi connectivity index (χ2v) is 4.26. The molecule has 102 valence electrons. The number of aromatic nitrogens is 3. The van der Waals surface area contributed by atoms with Gasteiger partial charge in [0.15, 0.2) is 0 Å². The Morgan fingerprint density at radius 3 is 3.00 bits per heavy atom. The van der Waals surface area contributed by atoms with Gasteiger partial charge in [-0.2, -0.15) is 5.10 Å². The Bertz CT molecular complexity index is 571. The lowest BCUT2D eigenvalue weighted by Crippen LogP contribution is -2.04. The Morgan fingerprint density at radius 2 is 2.32 bits per heavy atom. The van der Waals surface area contributed by atoms with Crippen LogP contribution in [-0.2, 0) is 24.8 Å². The molecule has 6 heteroatoms. The molecule has 0 saturated heterocycles. The van der Waals surface area contributed by atoms with Crippen molar-refractivity contribution in [3.05, 3.63) is 35.4 Å². The number of aryl methyl sites for hydroxylation is 2. The molecule has 0 aliphatic carbocycles. The maximum absolute atomic E-state index is 11.3. The zero-order valence-corrected chi connectivity index (χ0v) is 11.4. The lowest BCUT2D eigenvalue weighted by atomic mass is 10.3. The van der Waals surface area contributed by atoms with Crippen molar-refractivity contribution in [1.82, 2.24) is 14.8 Å². The predicted molar refractivity (Wildman–Crippen MR) is 72.0 cm³/mol. The van der Waals surface area contributed by atoms with Crippen LogP contribution in [0.3, 0.4) is 0 Å². The number of ether oxygens (including phenoxy) is 1. The van der Waals surface area contributed by atoms with Crippen LogP contribution in [0.15, 0.2) is 18.3 Å². The van der Waals surface area contributed by atoms with E-state index in [0.29, 0.717) is 12.2 Å². The van der Waals surface area contributed by atoms with E-state index < -0.39 is 0 Å². The van der Waals surface area contributed by atoms with Gasteiger partial charge < -0.3 is 15.0 Å². The fourth-order valence-corrected chi connectivity index (χ4v) is 1.91. The summed E-state index contributed by atoms with van der Waals surface area (Å²) in [6, 6.07) is 3.58. The molecular formula is C13H18N4O2. The molecule has 0 aliphatic heterocycles. The molecule has 2 aromatic heterocycles. The fraction of sp³-hybridized carbons (Fsp3) is 0.385. The summed E-state index contributed by atoms with van der Waals surface area (Å²) in [5.74, 6) is -0.359. The highest BCUT2D eigenvalue weighted by Gasteiger charge is 2.09. The third-order valence-electron chi connectivity index (χ3n) is 2.86. The first-order valence-electron chi connectivity index (χ1n) is 6.16. The second-order valence-electron chi connectivity index (χ2n) is 4.26. The number of hydrogen-bond acceptors (Lipinski definition) is 4. The van der Waals surface area contributed by atoms with E-state index in [1.54, 1.807) is 10.7 Å². The number of hydrogen-bond donors (Lipinski definition) is 2. The van der Waals surface area contributed by atoms with Crippen molar-refractivity contribution in [3.8, 4) is 0 Å². The number of H-pyrrole nitrogens is 1. The fourth-order valence-electron chi connectivity index (χ4n) is 1.91. The first-order chi connectivity index (χ1) is 9.13. The molecule has 2 rings (SSSR count). The molecule has 0 aromatic carbocycles. The van der Waals surface area contributed by atoms with Crippen molar-refractivity contribution in [2.45, 2.75) is 19.9 Å². The molecule has 0 fully saturated rings. The molecule has 19 heavy (non-hydrogen) atoms. The molecule has 2 aromatic rings. The van der Waals surface area contributed by atoms with E-state index in [9.17, 15) is 4.79 Å². The molecular weight excluding hydrogens is 244 g/mol. The molecule has 0 spiro atoms. The summed E-state index contributed by atoms with van der Waals surface area (Å²) in [6.07, 6.45) is 2.82. The Hall–Kier alpha value is -2.24. The highest BCUT2D eigenvalue weighted by molar-refractivity contribution is 5.87. The summed E-state index contributed by atoms with van der Waals surface area (Å²) in [7, 11) is 3.26. The van der Waals surface area contributed by atoms with Crippen LogP contribution in [0.2, 0.25) is 0 Å². The average Bonchev–Trinajstić information content (AvgIpc) is 3.01. The normalized spacial score (nSPS) is 10.5. The van der Waals surface area contributed by atoms with E-state index in [1.807, 2.05) is 19.3 Å². The number of rotatable bonds is 5. The monoisotopic (exact) mass is 262 g/mol. The number of esters is 1. The van der Waals surface area contributed by atoms with Crippen molar-refractivity contribution in [3.63, 3.8) is 0 Å². The number of carbonyl (C=O) groups excluding carboxylic acids is 1. The molecule has 0 aliphatic rings. The SMILES string of the molecule is CCc1nn(C)cc1NCc1ccc(C(=O)OC)[nH]1. The van der Waals surface area contributed by atoms with Crippen LogP contribution >= 0.6 is 0 Å². The van der Waals surface area contributed by atoms with E-state index in [4.69, 9.17) is 0 Å². The van der Waals surface area contributed by atoms with E-state index >= 15 is 0 Å². The number of anilines is 1. The van der Waals surface area contributed by atoms with Crippen LogP contribution in [0.1, 0.15) is 28.8 Å².